The molecule has 3 rings (SSSR count). The predicted molar refractivity (Wildman–Crippen MR) is 97.4 cm³/mol. The maximum absolute atomic E-state index is 12.1. The van der Waals surface area contributed by atoms with Gasteiger partial charge < -0.3 is 20.1 Å². The number of aryl methyl sites for hydroxylation is 1. The second kappa shape index (κ2) is 8.38. The molecule has 0 aromatic heterocycles. The van der Waals surface area contributed by atoms with E-state index in [9.17, 15) is 9.59 Å². The van der Waals surface area contributed by atoms with E-state index in [1.54, 1.807) is 6.07 Å². The largest absolute Gasteiger partial charge is 0.454 e. The summed E-state index contributed by atoms with van der Waals surface area (Å²) >= 11 is 0. The Morgan fingerprint density at radius 3 is 2.65 bits per heavy atom. The fourth-order valence-electron chi connectivity index (χ4n) is 2.74. The summed E-state index contributed by atoms with van der Waals surface area (Å²) in [7, 11) is 0. The van der Waals surface area contributed by atoms with Crippen LogP contribution >= 0.6 is 0 Å². The SMILES string of the molecule is Cc1ccccc1C(=O)NCCC(=O)NCCc1ccc2c(c1)OCO2. The molecular weight excluding hydrogens is 332 g/mol. The first-order chi connectivity index (χ1) is 12.6. The number of ether oxygens (including phenoxy) is 2. The number of fused-ring (bicyclic) bond motifs is 1. The Labute approximate surface area is 152 Å². The van der Waals surface area contributed by atoms with Crippen molar-refractivity contribution in [3.63, 3.8) is 0 Å². The number of nitrogens with one attached hydrogen (secondary N) is 2. The van der Waals surface area contributed by atoms with E-state index >= 15 is 0 Å². The van der Waals surface area contributed by atoms with Crippen LogP contribution in [0.2, 0.25) is 0 Å². The molecule has 0 saturated carbocycles. The standard InChI is InChI=1S/C20H22N2O4/c1-14-4-2-3-5-16(14)20(24)22-11-9-19(23)21-10-8-15-6-7-17-18(12-15)26-13-25-17/h2-7,12H,8-11,13H2,1H3,(H,21,23)(H,22,24). The van der Waals surface area contributed by atoms with E-state index in [0.29, 0.717) is 25.1 Å². The zero-order valence-corrected chi connectivity index (χ0v) is 14.7. The van der Waals surface area contributed by atoms with Crippen LogP contribution in [0.4, 0.5) is 0 Å². The molecule has 2 aromatic rings. The number of carbonyl (C=O) groups excluding carboxylic acids is 2. The van der Waals surface area contributed by atoms with E-state index in [4.69, 9.17) is 9.47 Å². The van der Waals surface area contributed by atoms with Crippen LogP contribution in [-0.2, 0) is 11.2 Å². The van der Waals surface area contributed by atoms with Crippen molar-refractivity contribution in [3.8, 4) is 11.5 Å². The minimum atomic E-state index is -0.156. The highest BCUT2D eigenvalue weighted by molar-refractivity contribution is 5.95. The van der Waals surface area contributed by atoms with Crippen molar-refractivity contribution in [3.05, 3.63) is 59.2 Å². The van der Waals surface area contributed by atoms with Crippen molar-refractivity contribution in [2.75, 3.05) is 19.9 Å². The molecule has 2 amide bonds. The summed E-state index contributed by atoms with van der Waals surface area (Å²) in [6.07, 6.45) is 0.955. The van der Waals surface area contributed by atoms with Gasteiger partial charge in [-0.05, 0) is 42.7 Å². The predicted octanol–water partition coefficient (Wildman–Crippen LogP) is 2.20. The van der Waals surface area contributed by atoms with Crippen molar-refractivity contribution < 1.29 is 19.1 Å². The molecule has 1 aliphatic heterocycles. The van der Waals surface area contributed by atoms with Crippen LogP contribution in [0.5, 0.6) is 11.5 Å². The van der Waals surface area contributed by atoms with Crippen molar-refractivity contribution in [2.45, 2.75) is 19.8 Å². The third kappa shape index (κ3) is 4.53. The van der Waals surface area contributed by atoms with Gasteiger partial charge in [0.2, 0.25) is 12.7 Å². The van der Waals surface area contributed by atoms with E-state index in [0.717, 1.165) is 22.6 Å². The highest BCUT2D eigenvalue weighted by Gasteiger charge is 2.13. The Morgan fingerprint density at radius 1 is 1.00 bits per heavy atom. The Bertz CT molecular complexity index is 804. The molecule has 6 heteroatoms. The minimum Gasteiger partial charge on any atom is -0.454 e. The van der Waals surface area contributed by atoms with Crippen LogP contribution < -0.4 is 20.1 Å². The highest BCUT2D eigenvalue weighted by atomic mass is 16.7. The number of rotatable bonds is 7. The van der Waals surface area contributed by atoms with Crippen LogP contribution in [0.25, 0.3) is 0 Å². The van der Waals surface area contributed by atoms with E-state index in [-0.39, 0.29) is 25.0 Å². The van der Waals surface area contributed by atoms with Crippen LogP contribution in [0.3, 0.4) is 0 Å². The summed E-state index contributed by atoms with van der Waals surface area (Å²) in [5.74, 6) is 1.25. The topological polar surface area (TPSA) is 76.7 Å². The molecule has 136 valence electrons. The molecule has 0 fully saturated rings. The summed E-state index contributed by atoms with van der Waals surface area (Å²) in [5.41, 5.74) is 2.62. The van der Waals surface area contributed by atoms with E-state index in [1.807, 2.05) is 43.3 Å². The summed E-state index contributed by atoms with van der Waals surface area (Å²) in [6, 6.07) is 13.1. The molecule has 0 bridgehead atoms. The smallest absolute Gasteiger partial charge is 0.251 e. The van der Waals surface area contributed by atoms with Gasteiger partial charge >= 0.3 is 0 Å². The van der Waals surface area contributed by atoms with Gasteiger partial charge in [-0.3, -0.25) is 9.59 Å². The minimum absolute atomic E-state index is 0.0872. The Balaban J connectivity index is 1.35. The molecule has 0 radical (unpaired) electrons. The lowest BCUT2D eigenvalue weighted by Gasteiger charge is -2.08. The van der Waals surface area contributed by atoms with Gasteiger partial charge in [0.15, 0.2) is 11.5 Å². The lowest BCUT2D eigenvalue weighted by Crippen LogP contribution is -2.31. The first kappa shape index (κ1) is 17.8. The maximum atomic E-state index is 12.1. The van der Waals surface area contributed by atoms with Crippen molar-refractivity contribution in [2.24, 2.45) is 0 Å². The molecule has 0 saturated heterocycles. The van der Waals surface area contributed by atoms with Crippen molar-refractivity contribution >= 4 is 11.8 Å². The Kier molecular flexibility index (Phi) is 5.73. The number of carbonyl (C=O) groups is 2. The van der Waals surface area contributed by atoms with E-state index in [2.05, 4.69) is 10.6 Å². The van der Waals surface area contributed by atoms with Crippen LogP contribution in [0, 0.1) is 6.92 Å². The second-order valence-corrected chi connectivity index (χ2v) is 6.11. The summed E-state index contributed by atoms with van der Waals surface area (Å²) < 4.78 is 10.6. The number of benzene rings is 2. The molecule has 2 N–H and O–H groups in total. The summed E-state index contributed by atoms with van der Waals surface area (Å²) in [4.78, 5) is 24.0. The first-order valence-corrected chi connectivity index (χ1v) is 8.62. The van der Waals surface area contributed by atoms with Gasteiger partial charge in [0.1, 0.15) is 0 Å². The average molecular weight is 354 g/mol. The van der Waals surface area contributed by atoms with Gasteiger partial charge in [-0.25, -0.2) is 0 Å². The highest BCUT2D eigenvalue weighted by Crippen LogP contribution is 2.32. The van der Waals surface area contributed by atoms with Crippen LogP contribution in [0.1, 0.15) is 27.9 Å². The van der Waals surface area contributed by atoms with Crippen molar-refractivity contribution in [1.82, 2.24) is 10.6 Å². The molecule has 6 nitrogen and oxygen atoms in total. The summed E-state index contributed by atoms with van der Waals surface area (Å²) in [5, 5.41) is 5.64. The molecule has 0 aliphatic carbocycles. The van der Waals surface area contributed by atoms with Gasteiger partial charge in [-0.1, -0.05) is 24.3 Å². The average Bonchev–Trinajstić information content (AvgIpc) is 3.10. The number of hydrogen-bond acceptors (Lipinski definition) is 4. The lowest BCUT2D eigenvalue weighted by atomic mass is 10.1. The normalized spacial score (nSPS) is 11.9. The zero-order chi connectivity index (χ0) is 18.4. The fraction of sp³-hybridized carbons (Fsp3) is 0.300. The van der Waals surface area contributed by atoms with Crippen LogP contribution in [0.15, 0.2) is 42.5 Å². The van der Waals surface area contributed by atoms with Gasteiger partial charge in [0, 0.05) is 25.1 Å². The number of hydrogen-bond donors (Lipinski definition) is 2. The monoisotopic (exact) mass is 354 g/mol. The third-order valence-corrected chi connectivity index (χ3v) is 4.20. The molecular formula is C20H22N2O4. The van der Waals surface area contributed by atoms with Gasteiger partial charge in [0.25, 0.3) is 5.91 Å². The Morgan fingerprint density at radius 2 is 1.81 bits per heavy atom. The van der Waals surface area contributed by atoms with Gasteiger partial charge in [-0.2, -0.15) is 0 Å². The summed E-state index contributed by atoms with van der Waals surface area (Å²) in [6.45, 7) is 2.98. The lowest BCUT2D eigenvalue weighted by molar-refractivity contribution is -0.120. The quantitative estimate of drug-likeness (QED) is 0.799. The molecule has 0 unspecified atom stereocenters. The molecule has 2 aromatic carbocycles. The van der Waals surface area contributed by atoms with Crippen LogP contribution in [-0.4, -0.2) is 31.7 Å². The fourth-order valence-corrected chi connectivity index (χ4v) is 2.74. The second-order valence-electron chi connectivity index (χ2n) is 6.11. The van der Waals surface area contributed by atoms with Crippen molar-refractivity contribution in [1.29, 1.82) is 0 Å². The first-order valence-electron chi connectivity index (χ1n) is 8.62. The van der Waals surface area contributed by atoms with E-state index in [1.165, 1.54) is 0 Å². The molecule has 0 atom stereocenters. The number of amides is 2. The molecule has 26 heavy (non-hydrogen) atoms. The Hall–Kier alpha value is -3.02. The molecule has 1 aliphatic rings. The third-order valence-electron chi connectivity index (χ3n) is 4.20. The van der Waals surface area contributed by atoms with E-state index < -0.39 is 0 Å². The van der Waals surface area contributed by atoms with Gasteiger partial charge in [0.05, 0.1) is 0 Å². The zero-order valence-electron chi connectivity index (χ0n) is 14.7. The molecule has 1 heterocycles. The molecule has 0 spiro atoms. The maximum Gasteiger partial charge on any atom is 0.251 e. The van der Waals surface area contributed by atoms with Gasteiger partial charge in [-0.15, -0.1) is 0 Å².